The van der Waals surface area contributed by atoms with Gasteiger partial charge in [0.2, 0.25) is 5.88 Å². The summed E-state index contributed by atoms with van der Waals surface area (Å²) in [5.41, 5.74) is 0.931. The Morgan fingerprint density at radius 3 is 2.85 bits per heavy atom. The Labute approximate surface area is 118 Å². The first kappa shape index (κ1) is 12.8. The fourth-order valence-electron chi connectivity index (χ4n) is 1.99. The molecular weight excluding hydrogens is 252 g/mol. The minimum Gasteiger partial charge on any atom is -0.437 e. The van der Waals surface area contributed by atoms with Gasteiger partial charge in [-0.05, 0) is 38.8 Å². The van der Waals surface area contributed by atoms with Gasteiger partial charge in [0.15, 0.2) is 0 Å². The Balaban J connectivity index is 1.95. The van der Waals surface area contributed by atoms with Gasteiger partial charge in [-0.2, -0.15) is 4.98 Å². The molecule has 1 fully saturated rings. The highest BCUT2D eigenvalue weighted by Gasteiger charge is 2.28. The van der Waals surface area contributed by atoms with E-state index in [0.717, 1.165) is 23.8 Å². The van der Waals surface area contributed by atoms with Gasteiger partial charge in [-0.15, -0.1) is 0 Å². The van der Waals surface area contributed by atoms with Crippen LogP contribution in [0.1, 0.15) is 37.1 Å². The second-order valence-corrected chi connectivity index (χ2v) is 4.96. The first-order chi connectivity index (χ1) is 9.78. The van der Waals surface area contributed by atoms with Gasteiger partial charge in [0, 0.05) is 18.7 Å². The van der Waals surface area contributed by atoms with Gasteiger partial charge < -0.3 is 10.1 Å². The second kappa shape index (κ2) is 5.45. The third-order valence-corrected chi connectivity index (χ3v) is 3.25. The maximum absolute atomic E-state index is 5.86. The fraction of sp³-hybridized carbons (Fsp3) is 0.400. The van der Waals surface area contributed by atoms with Crippen LogP contribution in [0.4, 0.5) is 5.82 Å². The molecule has 0 amide bonds. The van der Waals surface area contributed by atoms with Crippen molar-refractivity contribution in [1.29, 1.82) is 0 Å². The predicted octanol–water partition coefficient (Wildman–Crippen LogP) is 3.28. The number of hydrogen-bond donors (Lipinski definition) is 1. The fourth-order valence-corrected chi connectivity index (χ4v) is 1.99. The lowest BCUT2D eigenvalue weighted by molar-refractivity contribution is 0.452. The molecule has 1 aliphatic rings. The number of anilines is 1. The Kier molecular flexibility index (Phi) is 3.50. The summed E-state index contributed by atoms with van der Waals surface area (Å²) in [6, 6.07) is 3.72. The van der Waals surface area contributed by atoms with Crippen LogP contribution in [0.2, 0.25) is 0 Å². The smallest absolute Gasteiger partial charge is 0.227 e. The Morgan fingerprint density at radius 2 is 2.20 bits per heavy atom. The number of ether oxygens (including phenoxy) is 1. The highest BCUT2D eigenvalue weighted by atomic mass is 16.5. The van der Waals surface area contributed by atoms with Crippen LogP contribution < -0.4 is 10.1 Å². The zero-order valence-electron chi connectivity index (χ0n) is 11.8. The molecule has 1 N–H and O–H groups in total. The molecule has 1 aliphatic carbocycles. The summed E-state index contributed by atoms with van der Waals surface area (Å²) >= 11 is 0. The van der Waals surface area contributed by atoms with E-state index >= 15 is 0 Å². The summed E-state index contributed by atoms with van der Waals surface area (Å²) < 4.78 is 5.86. The predicted molar refractivity (Wildman–Crippen MR) is 77.2 cm³/mol. The zero-order chi connectivity index (χ0) is 13.9. The molecule has 5 heteroatoms. The number of aromatic nitrogens is 3. The largest absolute Gasteiger partial charge is 0.437 e. The molecule has 2 aromatic heterocycles. The molecule has 0 radical (unpaired) electrons. The quantitative estimate of drug-likeness (QED) is 0.903. The van der Waals surface area contributed by atoms with Gasteiger partial charge in [0.1, 0.15) is 17.4 Å². The molecule has 0 saturated heterocycles. The zero-order valence-corrected chi connectivity index (χ0v) is 11.8. The van der Waals surface area contributed by atoms with Crippen molar-refractivity contribution in [2.24, 2.45) is 0 Å². The summed E-state index contributed by atoms with van der Waals surface area (Å²) in [6.45, 7) is 4.86. The van der Waals surface area contributed by atoms with Gasteiger partial charge in [0.05, 0.1) is 11.8 Å². The van der Waals surface area contributed by atoms with Gasteiger partial charge in [0.25, 0.3) is 0 Å². The molecule has 2 aromatic rings. The van der Waals surface area contributed by atoms with Crippen molar-refractivity contribution in [3.63, 3.8) is 0 Å². The average molecular weight is 270 g/mol. The molecule has 0 bridgehead atoms. The third kappa shape index (κ3) is 2.71. The number of rotatable bonds is 5. The molecule has 1 saturated carbocycles. The summed E-state index contributed by atoms with van der Waals surface area (Å²) in [4.78, 5) is 13.2. The lowest BCUT2D eigenvalue weighted by Gasteiger charge is -2.13. The van der Waals surface area contributed by atoms with E-state index in [1.54, 1.807) is 12.4 Å². The third-order valence-electron chi connectivity index (χ3n) is 3.25. The van der Waals surface area contributed by atoms with E-state index in [4.69, 9.17) is 4.74 Å². The van der Waals surface area contributed by atoms with Crippen LogP contribution in [0.5, 0.6) is 11.6 Å². The highest BCUT2D eigenvalue weighted by Crippen LogP contribution is 2.40. The maximum Gasteiger partial charge on any atom is 0.227 e. The number of nitrogens with zero attached hydrogens (tertiary/aromatic N) is 3. The van der Waals surface area contributed by atoms with Crippen molar-refractivity contribution in [2.75, 3.05) is 11.9 Å². The molecule has 0 unspecified atom stereocenters. The van der Waals surface area contributed by atoms with Gasteiger partial charge >= 0.3 is 0 Å². The first-order valence-electron chi connectivity index (χ1n) is 6.98. The van der Waals surface area contributed by atoms with E-state index in [1.807, 2.05) is 19.1 Å². The van der Waals surface area contributed by atoms with E-state index < -0.39 is 0 Å². The molecule has 3 rings (SSSR count). The molecule has 5 nitrogen and oxygen atoms in total. The summed E-state index contributed by atoms with van der Waals surface area (Å²) in [5, 5.41) is 3.28. The van der Waals surface area contributed by atoms with Crippen molar-refractivity contribution in [1.82, 2.24) is 15.0 Å². The van der Waals surface area contributed by atoms with Crippen LogP contribution in [0.25, 0.3) is 0 Å². The molecular formula is C15H18N4O. The number of hydrogen-bond acceptors (Lipinski definition) is 5. The van der Waals surface area contributed by atoms with Crippen molar-refractivity contribution in [3.8, 4) is 11.6 Å². The van der Waals surface area contributed by atoms with Crippen LogP contribution in [0, 0.1) is 6.92 Å². The first-order valence-corrected chi connectivity index (χ1v) is 6.98. The van der Waals surface area contributed by atoms with Crippen LogP contribution in [-0.4, -0.2) is 21.5 Å². The highest BCUT2D eigenvalue weighted by molar-refractivity contribution is 5.50. The SMILES string of the molecule is CCNc1nc(C2CC2)nc(Oc2cccnc2)c1C. The molecule has 0 aromatic carbocycles. The van der Waals surface area contributed by atoms with Gasteiger partial charge in [-0.3, -0.25) is 4.98 Å². The van der Waals surface area contributed by atoms with Crippen molar-refractivity contribution >= 4 is 5.82 Å². The molecule has 104 valence electrons. The van der Waals surface area contributed by atoms with Gasteiger partial charge in [-0.1, -0.05) is 0 Å². The van der Waals surface area contributed by atoms with E-state index in [9.17, 15) is 0 Å². The van der Waals surface area contributed by atoms with Crippen LogP contribution >= 0.6 is 0 Å². The Hall–Kier alpha value is -2.17. The van der Waals surface area contributed by atoms with Crippen molar-refractivity contribution in [2.45, 2.75) is 32.6 Å². The van der Waals surface area contributed by atoms with Crippen LogP contribution in [0.15, 0.2) is 24.5 Å². The lowest BCUT2D eigenvalue weighted by atomic mass is 10.3. The Morgan fingerprint density at radius 1 is 1.35 bits per heavy atom. The topological polar surface area (TPSA) is 59.9 Å². The minimum absolute atomic E-state index is 0.490. The Bertz CT molecular complexity index is 596. The minimum atomic E-state index is 0.490. The van der Waals surface area contributed by atoms with E-state index in [2.05, 4.69) is 27.2 Å². The standard InChI is InChI=1S/C15H18N4O/c1-3-17-13-10(2)15(19-14(18-13)11-6-7-11)20-12-5-4-8-16-9-12/h4-5,8-9,11H,3,6-7H2,1-2H3,(H,17,18,19). The van der Waals surface area contributed by atoms with E-state index in [1.165, 1.54) is 12.8 Å². The normalized spacial score (nSPS) is 14.1. The summed E-state index contributed by atoms with van der Waals surface area (Å²) in [6.07, 6.45) is 5.74. The van der Waals surface area contributed by atoms with Crippen LogP contribution in [0.3, 0.4) is 0 Å². The maximum atomic E-state index is 5.86. The molecule has 20 heavy (non-hydrogen) atoms. The molecule has 0 spiro atoms. The number of pyridine rings is 1. The number of nitrogens with one attached hydrogen (secondary N) is 1. The summed E-state index contributed by atoms with van der Waals surface area (Å²) in [7, 11) is 0. The van der Waals surface area contributed by atoms with Crippen molar-refractivity contribution in [3.05, 3.63) is 35.9 Å². The van der Waals surface area contributed by atoms with E-state index in [-0.39, 0.29) is 0 Å². The summed E-state index contributed by atoms with van der Waals surface area (Å²) in [5.74, 6) is 3.54. The monoisotopic (exact) mass is 270 g/mol. The van der Waals surface area contributed by atoms with E-state index in [0.29, 0.717) is 17.5 Å². The molecule has 0 atom stereocenters. The average Bonchev–Trinajstić information content (AvgIpc) is 3.29. The van der Waals surface area contributed by atoms with Crippen molar-refractivity contribution < 1.29 is 4.74 Å². The van der Waals surface area contributed by atoms with Gasteiger partial charge in [-0.25, -0.2) is 4.98 Å². The molecule has 0 aliphatic heterocycles. The second-order valence-electron chi connectivity index (χ2n) is 4.96. The molecule has 2 heterocycles. The van der Waals surface area contributed by atoms with Crippen LogP contribution in [-0.2, 0) is 0 Å². The lowest BCUT2D eigenvalue weighted by Crippen LogP contribution is -2.07.